The average molecular weight is 564 g/mol. The van der Waals surface area contributed by atoms with Gasteiger partial charge < -0.3 is 30.1 Å². The van der Waals surface area contributed by atoms with E-state index >= 15 is 0 Å². The van der Waals surface area contributed by atoms with Crippen LogP contribution >= 0.6 is 0 Å². The second-order valence-electron chi connectivity index (χ2n) is 10.0. The minimum Gasteiger partial charge on any atom is -0.493 e. The number of ether oxygens (including phenoxy) is 2. The van der Waals surface area contributed by atoms with Gasteiger partial charge in [0.2, 0.25) is 5.91 Å². The molecule has 4 N–H and O–H groups in total. The number of fused-ring (bicyclic) bond motifs is 1. The number of β-amino-alcohol motifs (C(OH)–C–C–N with tert-alkyl or cyclic N) is 1. The minimum absolute atomic E-state index is 0.0337. The van der Waals surface area contributed by atoms with E-state index < -0.39 is 5.82 Å². The van der Waals surface area contributed by atoms with E-state index in [1.54, 1.807) is 19.2 Å². The van der Waals surface area contributed by atoms with Gasteiger partial charge in [-0.05, 0) is 62.5 Å². The minimum atomic E-state index is -0.422. The highest BCUT2D eigenvalue weighted by Crippen LogP contribution is 2.35. The Kier molecular flexibility index (Phi) is 9.22. The van der Waals surface area contributed by atoms with Gasteiger partial charge in [0.15, 0.2) is 17.3 Å². The number of aliphatic hydroxyl groups excluding tert-OH is 1. The van der Waals surface area contributed by atoms with Gasteiger partial charge in [-0.3, -0.25) is 9.89 Å². The molecule has 41 heavy (non-hydrogen) atoms. The molecule has 11 nitrogen and oxygen atoms in total. The first-order valence-electron chi connectivity index (χ1n) is 13.7. The lowest BCUT2D eigenvalue weighted by molar-refractivity contribution is -0.115. The Hall–Kier alpha value is -4.29. The standard InChI is InChI=1S/C29H34FN7O4/c1-40-25-16-23-24(17-26(25)41-12-7-19-5-8-37(9-6-19)10-11-38)31-18-32-29(23)34-27-14-22(35-36-27)15-28(39)33-21-4-2-3-20(30)13-21/h2-4,13-14,16-19,38H,5-12,15H2,1H3,(H,33,39)(H2,31,32,34,35,36). The number of nitrogens with one attached hydrogen (secondary N) is 3. The number of halogens is 1. The van der Waals surface area contributed by atoms with Gasteiger partial charge in [-0.2, -0.15) is 5.10 Å². The van der Waals surface area contributed by atoms with Crippen molar-refractivity contribution >= 4 is 34.1 Å². The van der Waals surface area contributed by atoms with Crippen molar-refractivity contribution in [3.05, 3.63) is 60.3 Å². The first-order chi connectivity index (χ1) is 20.0. The third-order valence-electron chi connectivity index (χ3n) is 7.16. The normalized spacial score (nSPS) is 14.2. The molecular weight excluding hydrogens is 529 g/mol. The summed E-state index contributed by atoms with van der Waals surface area (Å²) in [4.78, 5) is 23.5. The highest BCUT2D eigenvalue weighted by atomic mass is 19.1. The van der Waals surface area contributed by atoms with Crippen LogP contribution in [0.25, 0.3) is 10.9 Å². The van der Waals surface area contributed by atoms with Gasteiger partial charge in [0.1, 0.15) is 18.0 Å². The molecule has 4 aromatic rings. The highest BCUT2D eigenvalue weighted by molar-refractivity contribution is 5.93. The van der Waals surface area contributed by atoms with Crippen molar-refractivity contribution in [3.8, 4) is 11.5 Å². The average Bonchev–Trinajstić information content (AvgIpc) is 3.40. The predicted octanol–water partition coefficient (Wildman–Crippen LogP) is 3.90. The number of H-pyrrole nitrogens is 1. The molecule has 0 unspecified atom stereocenters. The van der Waals surface area contributed by atoms with Crippen molar-refractivity contribution in [1.29, 1.82) is 0 Å². The lowest BCUT2D eigenvalue weighted by Gasteiger charge is -2.31. The summed E-state index contributed by atoms with van der Waals surface area (Å²) in [7, 11) is 1.59. The number of carbonyl (C=O) groups is 1. The second-order valence-corrected chi connectivity index (χ2v) is 10.0. The molecule has 5 rings (SSSR count). The summed E-state index contributed by atoms with van der Waals surface area (Å²) in [6.45, 7) is 3.54. The fraction of sp³-hybridized carbons (Fsp3) is 0.379. The van der Waals surface area contributed by atoms with E-state index in [2.05, 4.69) is 35.7 Å². The molecular formula is C29H34FN7O4. The molecule has 1 aliphatic rings. The number of nitrogens with zero attached hydrogens (tertiary/aromatic N) is 4. The number of carbonyl (C=O) groups excluding carboxylic acids is 1. The van der Waals surface area contributed by atoms with Crippen LogP contribution in [0.3, 0.4) is 0 Å². The fourth-order valence-corrected chi connectivity index (χ4v) is 4.99. The number of rotatable bonds is 12. The molecule has 216 valence electrons. The maximum atomic E-state index is 13.4. The molecule has 0 saturated carbocycles. The lowest BCUT2D eigenvalue weighted by atomic mass is 9.94. The SMILES string of the molecule is COc1cc2c(Nc3cc(CC(=O)Nc4cccc(F)c4)[nH]n3)ncnc2cc1OCCC1CCN(CCO)CC1. The Balaban J connectivity index is 1.20. The zero-order chi connectivity index (χ0) is 28.6. The number of likely N-dealkylation sites (tertiary alicyclic amines) is 1. The van der Waals surface area contributed by atoms with E-state index in [4.69, 9.17) is 14.6 Å². The summed E-state index contributed by atoms with van der Waals surface area (Å²) in [5.41, 5.74) is 1.64. The number of hydrogen-bond acceptors (Lipinski definition) is 9. The molecule has 1 fully saturated rings. The van der Waals surface area contributed by atoms with Crippen LogP contribution in [-0.2, 0) is 11.2 Å². The molecule has 1 aliphatic heterocycles. The summed E-state index contributed by atoms with van der Waals surface area (Å²) in [5, 5.41) is 22.8. The molecule has 1 saturated heterocycles. The number of benzene rings is 2. The van der Waals surface area contributed by atoms with Crippen LogP contribution in [0.2, 0.25) is 0 Å². The first-order valence-corrected chi connectivity index (χ1v) is 13.7. The maximum Gasteiger partial charge on any atom is 0.230 e. The summed E-state index contributed by atoms with van der Waals surface area (Å²) in [6, 6.07) is 11.1. The van der Waals surface area contributed by atoms with Crippen molar-refractivity contribution in [1.82, 2.24) is 25.1 Å². The predicted molar refractivity (Wildman–Crippen MR) is 153 cm³/mol. The van der Waals surface area contributed by atoms with Crippen molar-refractivity contribution in [2.24, 2.45) is 5.92 Å². The van der Waals surface area contributed by atoms with E-state index in [1.165, 1.54) is 24.5 Å². The Morgan fingerprint density at radius 2 is 2.02 bits per heavy atom. The summed E-state index contributed by atoms with van der Waals surface area (Å²) in [6.07, 6.45) is 4.65. The van der Waals surface area contributed by atoms with Crippen molar-refractivity contribution < 1.29 is 23.8 Å². The molecule has 0 atom stereocenters. The van der Waals surface area contributed by atoms with E-state index in [0.717, 1.165) is 44.3 Å². The molecule has 0 spiro atoms. The lowest BCUT2D eigenvalue weighted by Crippen LogP contribution is -2.35. The molecule has 2 aromatic carbocycles. The Morgan fingerprint density at radius 3 is 2.80 bits per heavy atom. The smallest absolute Gasteiger partial charge is 0.230 e. The third-order valence-corrected chi connectivity index (χ3v) is 7.16. The summed E-state index contributed by atoms with van der Waals surface area (Å²) in [5.74, 6) is 2.07. The Bertz CT molecular complexity index is 1470. The van der Waals surface area contributed by atoms with Crippen molar-refractivity contribution in [3.63, 3.8) is 0 Å². The summed E-state index contributed by atoms with van der Waals surface area (Å²) < 4.78 is 25.1. The van der Waals surface area contributed by atoms with Crippen LogP contribution < -0.4 is 20.1 Å². The number of aromatic nitrogens is 4. The monoisotopic (exact) mass is 563 g/mol. The maximum absolute atomic E-state index is 13.4. The summed E-state index contributed by atoms with van der Waals surface area (Å²) >= 11 is 0. The van der Waals surface area contributed by atoms with Gasteiger partial charge in [0.25, 0.3) is 0 Å². The highest BCUT2D eigenvalue weighted by Gasteiger charge is 2.19. The number of aliphatic hydroxyl groups is 1. The van der Waals surface area contributed by atoms with E-state index in [9.17, 15) is 9.18 Å². The number of anilines is 3. The first kappa shape index (κ1) is 28.2. The van der Waals surface area contributed by atoms with Crippen LogP contribution in [0.5, 0.6) is 11.5 Å². The topological polar surface area (TPSA) is 138 Å². The van der Waals surface area contributed by atoms with Gasteiger partial charge in [-0.15, -0.1) is 0 Å². The number of amides is 1. The number of aromatic amines is 1. The number of methoxy groups -OCH3 is 1. The van der Waals surface area contributed by atoms with E-state index in [0.29, 0.717) is 52.6 Å². The molecule has 0 aliphatic carbocycles. The second kappa shape index (κ2) is 13.4. The molecule has 0 bridgehead atoms. The van der Waals surface area contributed by atoms with E-state index in [-0.39, 0.29) is 18.9 Å². The zero-order valence-electron chi connectivity index (χ0n) is 22.9. The van der Waals surface area contributed by atoms with Crippen LogP contribution in [0.1, 0.15) is 25.0 Å². The van der Waals surface area contributed by atoms with Crippen LogP contribution in [0, 0.1) is 11.7 Å². The number of hydrogen-bond donors (Lipinski definition) is 4. The van der Waals surface area contributed by atoms with Crippen LogP contribution in [0.15, 0.2) is 48.8 Å². The molecule has 0 radical (unpaired) electrons. The largest absolute Gasteiger partial charge is 0.493 e. The van der Waals surface area contributed by atoms with Crippen molar-refractivity contribution in [2.75, 3.05) is 50.6 Å². The quantitative estimate of drug-likeness (QED) is 0.202. The van der Waals surface area contributed by atoms with Gasteiger partial charge >= 0.3 is 0 Å². The Morgan fingerprint density at radius 1 is 1.17 bits per heavy atom. The zero-order valence-corrected chi connectivity index (χ0v) is 22.9. The van der Waals surface area contributed by atoms with Gasteiger partial charge in [-0.25, -0.2) is 14.4 Å². The van der Waals surface area contributed by atoms with Crippen LogP contribution in [0.4, 0.5) is 21.7 Å². The third kappa shape index (κ3) is 7.47. The molecule has 2 aromatic heterocycles. The Labute approximate surface area is 237 Å². The van der Waals surface area contributed by atoms with Gasteiger partial charge in [-0.1, -0.05) is 6.07 Å². The van der Waals surface area contributed by atoms with E-state index in [1.807, 2.05) is 12.1 Å². The molecule has 1 amide bonds. The number of piperidine rings is 1. The fourth-order valence-electron chi connectivity index (χ4n) is 4.99. The molecule has 3 heterocycles. The van der Waals surface area contributed by atoms with Gasteiger partial charge in [0.05, 0.1) is 32.3 Å². The molecule has 12 heteroatoms. The van der Waals surface area contributed by atoms with Crippen LogP contribution in [-0.4, -0.2) is 76.0 Å². The van der Waals surface area contributed by atoms with Gasteiger partial charge in [0, 0.05) is 35.4 Å². The van der Waals surface area contributed by atoms with Crippen molar-refractivity contribution in [2.45, 2.75) is 25.7 Å².